The fourth-order valence-corrected chi connectivity index (χ4v) is 3.57. The molecule has 1 aromatic carbocycles. The normalized spacial score (nSPS) is 15.3. The second kappa shape index (κ2) is 8.17. The highest BCUT2D eigenvalue weighted by Gasteiger charge is 2.18. The van der Waals surface area contributed by atoms with Gasteiger partial charge in [0, 0.05) is 49.9 Å². The second-order valence-electron chi connectivity index (χ2n) is 6.59. The number of furan rings is 1. The Morgan fingerprint density at radius 2 is 2.00 bits per heavy atom. The Kier molecular flexibility index (Phi) is 5.48. The number of nitrogens with one attached hydrogen (secondary N) is 1. The van der Waals surface area contributed by atoms with Crippen molar-refractivity contribution in [2.75, 3.05) is 39.4 Å². The molecule has 7 heteroatoms. The second-order valence-corrected chi connectivity index (χ2v) is 6.99. The molecule has 0 spiro atoms. The summed E-state index contributed by atoms with van der Waals surface area (Å²) >= 11 is 6.31. The SMILES string of the molecule is O=C(NCCN1CCOCC1)c1cc2occc2n1Cc1ccccc1Cl. The Balaban J connectivity index is 1.49. The van der Waals surface area contributed by atoms with Crippen LogP contribution in [-0.4, -0.2) is 54.8 Å². The number of morpholine rings is 1. The molecule has 1 aliphatic rings. The molecule has 1 N–H and O–H groups in total. The van der Waals surface area contributed by atoms with E-state index in [2.05, 4.69) is 10.2 Å². The lowest BCUT2D eigenvalue weighted by atomic mass is 10.2. The predicted octanol–water partition coefficient (Wildman–Crippen LogP) is 3.00. The Labute approximate surface area is 162 Å². The number of ether oxygens (including phenoxy) is 1. The summed E-state index contributed by atoms with van der Waals surface area (Å²) in [4.78, 5) is 15.1. The molecule has 0 aliphatic carbocycles. The van der Waals surface area contributed by atoms with E-state index in [9.17, 15) is 4.79 Å². The van der Waals surface area contributed by atoms with Crippen LogP contribution in [0.25, 0.3) is 11.1 Å². The minimum absolute atomic E-state index is 0.110. The number of rotatable bonds is 6. The number of halogens is 1. The Morgan fingerprint density at radius 1 is 1.19 bits per heavy atom. The van der Waals surface area contributed by atoms with Gasteiger partial charge in [-0.25, -0.2) is 0 Å². The van der Waals surface area contributed by atoms with Crippen LogP contribution in [0.5, 0.6) is 0 Å². The fraction of sp³-hybridized carbons (Fsp3) is 0.350. The highest BCUT2D eigenvalue weighted by atomic mass is 35.5. The molecule has 0 saturated carbocycles. The van der Waals surface area contributed by atoms with E-state index in [-0.39, 0.29) is 5.91 Å². The van der Waals surface area contributed by atoms with E-state index >= 15 is 0 Å². The van der Waals surface area contributed by atoms with Crippen molar-refractivity contribution >= 4 is 28.6 Å². The number of benzene rings is 1. The summed E-state index contributed by atoms with van der Waals surface area (Å²) in [6.45, 7) is 5.25. The van der Waals surface area contributed by atoms with Gasteiger partial charge in [0.05, 0.1) is 25.0 Å². The molecule has 142 valence electrons. The van der Waals surface area contributed by atoms with Gasteiger partial charge in [0.25, 0.3) is 5.91 Å². The van der Waals surface area contributed by atoms with Crippen LogP contribution < -0.4 is 5.32 Å². The van der Waals surface area contributed by atoms with Gasteiger partial charge >= 0.3 is 0 Å². The largest absolute Gasteiger partial charge is 0.463 e. The lowest BCUT2D eigenvalue weighted by Crippen LogP contribution is -2.41. The summed E-state index contributed by atoms with van der Waals surface area (Å²) in [5.74, 6) is -0.110. The number of carbonyl (C=O) groups is 1. The van der Waals surface area contributed by atoms with E-state index in [1.54, 1.807) is 12.3 Å². The van der Waals surface area contributed by atoms with Crippen molar-refractivity contribution < 1.29 is 13.9 Å². The average molecular weight is 388 g/mol. The van der Waals surface area contributed by atoms with E-state index in [1.807, 2.05) is 34.9 Å². The molecule has 0 atom stereocenters. The number of amides is 1. The van der Waals surface area contributed by atoms with Crippen LogP contribution in [0.3, 0.4) is 0 Å². The molecule has 1 amide bonds. The molecule has 1 saturated heterocycles. The van der Waals surface area contributed by atoms with Gasteiger partial charge in [-0.3, -0.25) is 9.69 Å². The minimum atomic E-state index is -0.110. The first kappa shape index (κ1) is 18.1. The van der Waals surface area contributed by atoms with E-state index in [0.29, 0.717) is 29.4 Å². The molecule has 2 aromatic heterocycles. The number of hydrogen-bond donors (Lipinski definition) is 1. The van der Waals surface area contributed by atoms with Crippen molar-refractivity contribution in [2.24, 2.45) is 0 Å². The number of fused-ring (bicyclic) bond motifs is 1. The lowest BCUT2D eigenvalue weighted by Gasteiger charge is -2.26. The van der Waals surface area contributed by atoms with Gasteiger partial charge in [-0.1, -0.05) is 29.8 Å². The molecule has 3 aromatic rings. The molecule has 3 heterocycles. The number of nitrogens with zero attached hydrogens (tertiary/aromatic N) is 2. The van der Waals surface area contributed by atoms with E-state index in [0.717, 1.165) is 43.9 Å². The van der Waals surface area contributed by atoms with Crippen molar-refractivity contribution in [2.45, 2.75) is 6.54 Å². The van der Waals surface area contributed by atoms with Crippen LogP contribution in [-0.2, 0) is 11.3 Å². The molecule has 27 heavy (non-hydrogen) atoms. The van der Waals surface area contributed by atoms with Crippen molar-refractivity contribution in [3.05, 3.63) is 58.9 Å². The van der Waals surface area contributed by atoms with Crippen LogP contribution >= 0.6 is 11.6 Å². The van der Waals surface area contributed by atoms with E-state index < -0.39 is 0 Å². The monoisotopic (exact) mass is 387 g/mol. The topological polar surface area (TPSA) is 59.6 Å². The number of hydrogen-bond acceptors (Lipinski definition) is 4. The van der Waals surface area contributed by atoms with Crippen LogP contribution in [0.15, 0.2) is 47.1 Å². The summed E-state index contributed by atoms with van der Waals surface area (Å²) in [6.07, 6.45) is 1.63. The molecular weight excluding hydrogens is 366 g/mol. The van der Waals surface area contributed by atoms with Gasteiger partial charge in [0.2, 0.25) is 0 Å². The first-order valence-corrected chi connectivity index (χ1v) is 9.48. The molecule has 0 unspecified atom stereocenters. The van der Waals surface area contributed by atoms with E-state index in [1.165, 1.54) is 0 Å². The Bertz CT molecular complexity index is 928. The molecule has 0 radical (unpaired) electrons. The highest BCUT2D eigenvalue weighted by Crippen LogP contribution is 2.24. The third kappa shape index (κ3) is 4.03. The summed E-state index contributed by atoms with van der Waals surface area (Å²) in [7, 11) is 0. The zero-order valence-corrected chi connectivity index (χ0v) is 15.7. The minimum Gasteiger partial charge on any atom is -0.463 e. The molecule has 0 bridgehead atoms. The highest BCUT2D eigenvalue weighted by molar-refractivity contribution is 6.31. The summed E-state index contributed by atoms with van der Waals surface area (Å²) in [5, 5.41) is 3.70. The van der Waals surface area contributed by atoms with Gasteiger partial charge in [-0.05, 0) is 11.6 Å². The van der Waals surface area contributed by atoms with Gasteiger partial charge in [-0.2, -0.15) is 0 Å². The maximum Gasteiger partial charge on any atom is 0.268 e. The zero-order chi connectivity index (χ0) is 18.6. The first-order valence-electron chi connectivity index (χ1n) is 9.11. The van der Waals surface area contributed by atoms with Crippen LogP contribution in [0.2, 0.25) is 5.02 Å². The molecule has 4 rings (SSSR count). The first-order chi connectivity index (χ1) is 13.2. The van der Waals surface area contributed by atoms with Crippen LogP contribution in [0.1, 0.15) is 16.1 Å². The van der Waals surface area contributed by atoms with Gasteiger partial charge in [0.1, 0.15) is 5.69 Å². The number of carbonyl (C=O) groups excluding carboxylic acids is 1. The molecule has 1 fully saturated rings. The summed E-state index contributed by atoms with van der Waals surface area (Å²) in [5.41, 5.74) is 3.11. The maximum atomic E-state index is 12.8. The summed E-state index contributed by atoms with van der Waals surface area (Å²) in [6, 6.07) is 11.3. The molecule has 6 nitrogen and oxygen atoms in total. The van der Waals surface area contributed by atoms with Gasteiger partial charge in [-0.15, -0.1) is 0 Å². The van der Waals surface area contributed by atoms with Gasteiger partial charge in [0.15, 0.2) is 5.58 Å². The van der Waals surface area contributed by atoms with Crippen molar-refractivity contribution in [1.29, 1.82) is 0 Å². The van der Waals surface area contributed by atoms with Crippen molar-refractivity contribution in [3.8, 4) is 0 Å². The maximum absolute atomic E-state index is 12.8. The quantitative estimate of drug-likeness (QED) is 0.706. The third-order valence-corrected chi connectivity index (χ3v) is 5.23. The zero-order valence-electron chi connectivity index (χ0n) is 15.0. The average Bonchev–Trinajstić information content (AvgIpc) is 3.27. The predicted molar refractivity (Wildman–Crippen MR) is 104 cm³/mol. The lowest BCUT2D eigenvalue weighted by molar-refractivity contribution is 0.0383. The van der Waals surface area contributed by atoms with Gasteiger partial charge < -0.3 is 19.0 Å². The van der Waals surface area contributed by atoms with E-state index in [4.69, 9.17) is 20.8 Å². The molecular formula is C20H22ClN3O3. The fourth-order valence-electron chi connectivity index (χ4n) is 3.38. The smallest absolute Gasteiger partial charge is 0.268 e. The van der Waals surface area contributed by atoms with Crippen molar-refractivity contribution in [1.82, 2.24) is 14.8 Å². The number of aromatic nitrogens is 1. The Hall–Kier alpha value is -2.28. The third-order valence-electron chi connectivity index (χ3n) is 4.86. The van der Waals surface area contributed by atoms with Crippen LogP contribution in [0, 0.1) is 0 Å². The van der Waals surface area contributed by atoms with Crippen molar-refractivity contribution in [3.63, 3.8) is 0 Å². The standard InChI is InChI=1S/C20H22ClN3O3/c21-16-4-2-1-3-15(16)14-24-17-5-10-27-19(17)13-18(24)20(25)22-6-7-23-8-11-26-12-9-23/h1-5,10,13H,6-9,11-12,14H2,(H,22,25). The Morgan fingerprint density at radius 3 is 2.81 bits per heavy atom. The molecule has 1 aliphatic heterocycles. The summed E-state index contributed by atoms with van der Waals surface area (Å²) < 4.78 is 12.8. The van der Waals surface area contributed by atoms with Crippen LogP contribution in [0.4, 0.5) is 0 Å².